The molecule has 1 N–H and O–H groups in total. The molecule has 1 aliphatic carbocycles. The first kappa shape index (κ1) is 35.3. The Bertz CT molecular complexity index is 1600. The third-order valence-corrected chi connectivity index (χ3v) is 11.1. The molecule has 0 unspecified atom stereocenters. The maximum atomic E-state index is 16.8. The van der Waals surface area contributed by atoms with E-state index in [2.05, 4.69) is 34.9 Å². The number of allylic oxidation sites excluding steroid dienone is 1. The van der Waals surface area contributed by atoms with Crippen molar-refractivity contribution in [1.82, 2.24) is 24.8 Å². The second-order valence-electron chi connectivity index (χ2n) is 13.5. The van der Waals surface area contributed by atoms with E-state index in [-0.39, 0.29) is 28.3 Å². The number of halogens is 2. The van der Waals surface area contributed by atoms with Crippen LogP contribution in [0, 0.1) is 5.82 Å². The summed E-state index contributed by atoms with van der Waals surface area (Å²) >= 11 is 6.60. The zero-order chi connectivity index (χ0) is 33.9. The van der Waals surface area contributed by atoms with Crippen LogP contribution in [-0.2, 0) is 11.8 Å². The SMILES string of the molecule is C=CC(=C)N1CCC(C)(c2nc(CCC34CCCN3CCC4)nc3c(F)c(-c4cc(O)cc(Cl)c4C4CC4)ncc23)CC1.CC.CC. The van der Waals surface area contributed by atoms with Crippen molar-refractivity contribution in [2.75, 3.05) is 26.2 Å². The van der Waals surface area contributed by atoms with Crippen LogP contribution in [0.5, 0.6) is 5.75 Å². The molecule has 1 aromatic carbocycles. The van der Waals surface area contributed by atoms with E-state index in [1.807, 2.05) is 27.7 Å². The zero-order valence-corrected chi connectivity index (χ0v) is 29.9. The molecule has 47 heavy (non-hydrogen) atoms. The number of aryl methyl sites for hydroxylation is 1. The van der Waals surface area contributed by atoms with Gasteiger partial charge in [-0.1, -0.05) is 59.4 Å². The van der Waals surface area contributed by atoms with Crippen LogP contribution in [0.25, 0.3) is 22.2 Å². The Balaban J connectivity index is 0.00000105. The van der Waals surface area contributed by atoms with Crippen LogP contribution < -0.4 is 0 Å². The highest BCUT2D eigenvalue weighted by Crippen LogP contribution is 2.49. The van der Waals surface area contributed by atoms with Gasteiger partial charge in [0.25, 0.3) is 0 Å². The molecule has 1 saturated carbocycles. The van der Waals surface area contributed by atoms with E-state index in [1.54, 1.807) is 24.4 Å². The van der Waals surface area contributed by atoms with Gasteiger partial charge in [0.2, 0.25) is 0 Å². The number of aromatic hydroxyl groups is 1. The minimum Gasteiger partial charge on any atom is -0.508 e. The van der Waals surface area contributed by atoms with Gasteiger partial charge in [-0.2, -0.15) is 0 Å². The van der Waals surface area contributed by atoms with Crippen molar-refractivity contribution in [2.45, 2.75) is 116 Å². The Kier molecular flexibility index (Phi) is 11.0. The number of likely N-dealkylation sites (tertiary alicyclic amines) is 1. The highest BCUT2D eigenvalue weighted by atomic mass is 35.5. The monoisotopic (exact) mass is 661 g/mol. The van der Waals surface area contributed by atoms with Crippen molar-refractivity contribution in [1.29, 1.82) is 0 Å². The number of piperidine rings is 1. The summed E-state index contributed by atoms with van der Waals surface area (Å²) in [5.74, 6) is 0.508. The number of aromatic nitrogens is 3. The molecule has 4 fully saturated rings. The Labute approximate surface area is 286 Å². The van der Waals surface area contributed by atoms with E-state index >= 15 is 4.39 Å². The second-order valence-corrected chi connectivity index (χ2v) is 13.9. The van der Waals surface area contributed by atoms with E-state index in [0.717, 1.165) is 68.6 Å². The number of fused-ring (bicyclic) bond motifs is 2. The molecule has 0 amide bonds. The summed E-state index contributed by atoms with van der Waals surface area (Å²) < 4.78 is 16.8. The third-order valence-electron chi connectivity index (χ3n) is 10.8. The van der Waals surface area contributed by atoms with Crippen molar-refractivity contribution in [3.8, 4) is 17.0 Å². The summed E-state index contributed by atoms with van der Waals surface area (Å²) in [6, 6.07) is 3.14. The first-order chi connectivity index (χ1) is 22.7. The number of phenols is 1. The van der Waals surface area contributed by atoms with E-state index in [9.17, 15) is 5.11 Å². The van der Waals surface area contributed by atoms with E-state index < -0.39 is 5.82 Å². The van der Waals surface area contributed by atoms with E-state index in [4.69, 9.17) is 21.6 Å². The number of pyridine rings is 1. The molecule has 3 aromatic rings. The Morgan fingerprint density at radius 3 is 2.32 bits per heavy atom. The summed E-state index contributed by atoms with van der Waals surface area (Å²) in [5, 5.41) is 11.6. The van der Waals surface area contributed by atoms with Gasteiger partial charge >= 0.3 is 0 Å². The molecule has 0 bridgehead atoms. The predicted molar refractivity (Wildman–Crippen MR) is 193 cm³/mol. The van der Waals surface area contributed by atoms with Gasteiger partial charge in [-0.3, -0.25) is 9.88 Å². The number of benzene rings is 1. The zero-order valence-electron chi connectivity index (χ0n) is 29.1. The minimum atomic E-state index is -0.464. The quantitative estimate of drug-likeness (QED) is 0.243. The molecular formula is C39H53ClFN5O. The van der Waals surface area contributed by atoms with Gasteiger partial charge < -0.3 is 10.0 Å². The van der Waals surface area contributed by atoms with Crippen molar-refractivity contribution >= 4 is 22.5 Å². The number of rotatable bonds is 8. The molecule has 0 atom stereocenters. The average molecular weight is 662 g/mol. The van der Waals surface area contributed by atoms with Crippen LogP contribution in [-0.4, -0.2) is 61.6 Å². The predicted octanol–water partition coefficient (Wildman–Crippen LogP) is 9.73. The van der Waals surface area contributed by atoms with Crippen molar-refractivity contribution in [3.63, 3.8) is 0 Å². The number of hydrogen-bond acceptors (Lipinski definition) is 6. The number of hydrogen-bond donors (Lipinski definition) is 1. The maximum Gasteiger partial charge on any atom is 0.175 e. The summed E-state index contributed by atoms with van der Waals surface area (Å²) in [7, 11) is 0. The smallest absolute Gasteiger partial charge is 0.175 e. The fourth-order valence-electron chi connectivity index (χ4n) is 8.08. The Morgan fingerprint density at radius 2 is 1.70 bits per heavy atom. The van der Waals surface area contributed by atoms with Gasteiger partial charge in [0.15, 0.2) is 5.82 Å². The molecule has 8 heteroatoms. The molecular weight excluding hydrogens is 609 g/mol. The van der Waals surface area contributed by atoms with Gasteiger partial charge in [0.1, 0.15) is 22.8 Å². The van der Waals surface area contributed by atoms with Gasteiger partial charge in [-0.25, -0.2) is 14.4 Å². The lowest BCUT2D eigenvalue weighted by molar-refractivity contribution is 0.181. The molecule has 3 saturated heterocycles. The molecule has 0 spiro atoms. The lowest BCUT2D eigenvalue weighted by atomic mass is 9.76. The van der Waals surface area contributed by atoms with Crippen LogP contribution in [0.4, 0.5) is 4.39 Å². The molecule has 5 heterocycles. The van der Waals surface area contributed by atoms with E-state index in [1.165, 1.54) is 38.8 Å². The molecule has 4 aliphatic rings. The molecule has 3 aliphatic heterocycles. The Morgan fingerprint density at radius 1 is 1.04 bits per heavy atom. The van der Waals surface area contributed by atoms with Crippen LogP contribution >= 0.6 is 11.6 Å². The number of phenolic OH excluding ortho intramolecular Hbond substituents is 1. The summed E-state index contributed by atoms with van der Waals surface area (Å²) in [5.41, 5.74) is 3.73. The lowest BCUT2D eigenvalue weighted by Gasteiger charge is -2.40. The topological polar surface area (TPSA) is 65.4 Å². The average Bonchev–Trinajstić information content (AvgIpc) is 3.72. The van der Waals surface area contributed by atoms with Gasteiger partial charge in [0.05, 0.1) is 5.69 Å². The van der Waals surface area contributed by atoms with Crippen LogP contribution in [0.3, 0.4) is 0 Å². The van der Waals surface area contributed by atoms with Crippen molar-refractivity contribution < 1.29 is 9.50 Å². The van der Waals surface area contributed by atoms with Crippen molar-refractivity contribution in [2.24, 2.45) is 0 Å². The minimum absolute atomic E-state index is 0.00656. The van der Waals surface area contributed by atoms with Crippen LogP contribution in [0.1, 0.15) is 115 Å². The normalized spacial score (nSPS) is 19.8. The first-order valence-corrected chi connectivity index (χ1v) is 18.3. The van der Waals surface area contributed by atoms with Gasteiger partial charge in [-0.05, 0) is 101 Å². The molecule has 6 nitrogen and oxygen atoms in total. The first-order valence-electron chi connectivity index (χ1n) is 17.9. The highest BCUT2D eigenvalue weighted by Gasteiger charge is 2.44. The van der Waals surface area contributed by atoms with Crippen molar-refractivity contribution in [3.05, 3.63) is 71.2 Å². The largest absolute Gasteiger partial charge is 0.508 e. The van der Waals surface area contributed by atoms with Crippen LogP contribution in [0.2, 0.25) is 5.02 Å². The van der Waals surface area contributed by atoms with Crippen LogP contribution in [0.15, 0.2) is 43.3 Å². The maximum absolute atomic E-state index is 16.8. The summed E-state index contributed by atoms with van der Waals surface area (Å²) in [6.45, 7) is 22.3. The van der Waals surface area contributed by atoms with E-state index in [0.29, 0.717) is 27.3 Å². The molecule has 7 rings (SSSR count). The van der Waals surface area contributed by atoms with Gasteiger partial charge in [0, 0.05) is 58.3 Å². The molecule has 2 aromatic heterocycles. The summed E-state index contributed by atoms with van der Waals surface area (Å²) in [4.78, 5) is 19.8. The fourth-order valence-corrected chi connectivity index (χ4v) is 8.45. The standard InChI is InChI=1S/C35H41ClFN5O.2C2H6/c1-4-22(2)41-17-13-34(3,14-18-41)33-26-21-38-31(25-19-24(43)20-27(36)29(25)23-7-8-23)30(37)32(26)39-28(40-33)9-12-35-10-5-15-42(35)16-6-11-35;2*1-2/h4,19-21,23,43H,1-2,5-18H2,3H3;2*1-2H3. The lowest BCUT2D eigenvalue weighted by Crippen LogP contribution is -2.41. The molecule has 254 valence electrons. The third kappa shape index (κ3) is 6.80. The second kappa shape index (κ2) is 14.6. The van der Waals surface area contributed by atoms with Gasteiger partial charge in [-0.15, -0.1) is 0 Å². The number of nitrogens with zero attached hydrogens (tertiary/aromatic N) is 5. The Hall–Kier alpha value is -3.03. The molecule has 0 radical (unpaired) electrons. The highest BCUT2D eigenvalue weighted by molar-refractivity contribution is 6.32. The fraction of sp³-hybridized carbons (Fsp3) is 0.564. The summed E-state index contributed by atoms with van der Waals surface area (Å²) in [6.07, 6.45) is 13.9.